The topological polar surface area (TPSA) is 30.4 Å². The predicted octanol–water partition coefficient (Wildman–Crippen LogP) is 7.80. The van der Waals surface area contributed by atoms with Crippen molar-refractivity contribution < 1.29 is 4.42 Å². The quantitative estimate of drug-likeness (QED) is 0.277. The number of para-hydroxylation sites is 2. The van der Waals surface area contributed by atoms with Gasteiger partial charge in [-0.25, -0.2) is 0 Å². The second-order valence-electron chi connectivity index (χ2n) is 8.42. The third-order valence-corrected chi connectivity index (χ3v) is 6.77. The van der Waals surface area contributed by atoms with Gasteiger partial charge in [-0.05, 0) is 42.5 Å². The minimum atomic E-state index is 0.927. The van der Waals surface area contributed by atoms with Crippen LogP contribution >= 0.6 is 0 Å². The molecule has 8 aromatic rings. The molecule has 8 rings (SSSR count). The first kappa shape index (κ1) is 16.3. The van der Waals surface area contributed by atoms with Crippen molar-refractivity contribution in [3.05, 3.63) is 97.2 Å². The van der Waals surface area contributed by atoms with E-state index in [9.17, 15) is 0 Å². The Morgan fingerprint density at radius 3 is 2.31 bits per heavy atom. The van der Waals surface area contributed by atoms with Crippen LogP contribution in [0.15, 0.2) is 102 Å². The van der Waals surface area contributed by atoms with E-state index in [-0.39, 0.29) is 0 Å². The van der Waals surface area contributed by atoms with E-state index in [1.54, 1.807) is 0 Å². The number of pyridine rings is 1. The fourth-order valence-corrected chi connectivity index (χ4v) is 5.47. The molecule has 0 bridgehead atoms. The van der Waals surface area contributed by atoms with Gasteiger partial charge in [0, 0.05) is 44.1 Å². The van der Waals surface area contributed by atoms with E-state index in [4.69, 9.17) is 4.42 Å². The number of hydrogen-bond donors (Lipinski definition) is 0. The fourth-order valence-electron chi connectivity index (χ4n) is 5.47. The molecule has 4 aromatic heterocycles. The largest absolute Gasteiger partial charge is 0.456 e. The Balaban J connectivity index is 1.69. The van der Waals surface area contributed by atoms with Gasteiger partial charge in [0.05, 0.1) is 22.2 Å². The van der Waals surface area contributed by atoms with Gasteiger partial charge in [0.2, 0.25) is 0 Å². The van der Waals surface area contributed by atoms with Crippen molar-refractivity contribution in [2.45, 2.75) is 0 Å². The van der Waals surface area contributed by atoms with Gasteiger partial charge in [-0.2, -0.15) is 0 Å². The van der Waals surface area contributed by atoms with Crippen LogP contribution in [-0.4, -0.2) is 9.38 Å². The molecule has 0 amide bonds. The van der Waals surface area contributed by atoms with Crippen LogP contribution in [0.4, 0.5) is 0 Å². The highest BCUT2D eigenvalue weighted by Gasteiger charge is 2.22. The van der Waals surface area contributed by atoms with Gasteiger partial charge in [0.25, 0.3) is 0 Å². The second-order valence-corrected chi connectivity index (χ2v) is 8.42. The molecule has 0 atom stereocenters. The first-order valence-corrected chi connectivity index (χ1v) is 10.8. The molecule has 0 radical (unpaired) electrons. The van der Waals surface area contributed by atoms with Crippen molar-refractivity contribution in [1.29, 1.82) is 0 Å². The van der Waals surface area contributed by atoms with Gasteiger partial charge in [-0.3, -0.25) is 4.98 Å². The first-order chi connectivity index (χ1) is 15.9. The average molecular weight is 408 g/mol. The molecule has 0 aliphatic heterocycles. The van der Waals surface area contributed by atoms with Crippen LogP contribution in [0, 0.1) is 0 Å². The summed E-state index contributed by atoms with van der Waals surface area (Å²) < 4.78 is 8.77. The van der Waals surface area contributed by atoms with Gasteiger partial charge >= 0.3 is 0 Å². The lowest BCUT2D eigenvalue weighted by Crippen LogP contribution is -1.83. The van der Waals surface area contributed by atoms with E-state index in [0.29, 0.717) is 0 Å². The van der Waals surface area contributed by atoms with Crippen molar-refractivity contribution in [3.63, 3.8) is 0 Å². The van der Waals surface area contributed by atoms with E-state index in [2.05, 4.69) is 82.2 Å². The molecule has 0 spiro atoms. The highest BCUT2D eigenvalue weighted by Crippen LogP contribution is 2.46. The zero-order chi connectivity index (χ0) is 20.8. The number of rotatable bonds is 1. The maximum atomic E-state index is 6.35. The van der Waals surface area contributed by atoms with Gasteiger partial charge in [-0.15, -0.1) is 0 Å². The van der Waals surface area contributed by atoms with Crippen LogP contribution in [-0.2, 0) is 0 Å². The summed E-state index contributed by atoms with van der Waals surface area (Å²) in [6.45, 7) is 0. The Bertz CT molecular complexity index is 1980. The molecule has 0 aliphatic carbocycles. The van der Waals surface area contributed by atoms with Crippen LogP contribution in [0.1, 0.15) is 0 Å². The lowest BCUT2D eigenvalue weighted by molar-refractivity contribution is 0.669. The molecule has 32 heavy (non-hydrogen) atoms. The molecular weight excluding hydrogens is 392 g/mol. The summed E-state index contributed by atoms with van der Waals surface area (Å²) in [7, 11) is 0. The predicted molar refractivity (Wildman–Crippen MR) is 132 cm³/mol. The summed E-state index contributed by atoms with van der Waals surface area (Å²) in [4.78, 5) is 4.59. The molecule has 0 saturated carbocycles. The summed E-state index contributed by atoms with van der Waals surface area (Å²) in [6.07, 6.45) is 1.85. The fraction of sp³-hybridized carbons (Fsp3) is 0. The lowest BCUT2D eigenvalue weighted by atomic mass is 10.0. The van der Waals surface area contributed by atoms with Crippen molar-refractivity contribution in [3.8, 4) is 11.3 Å². The number of hydrogen-bond acceptors (Lipinski definition) is 2. The maximum Gasteiger partial charge on any atom is 0.136 e. The average Bonchev–Trinajstić information content (AvgIpc) is 3.49. The van der Waals surface area contributed by atoms with Crippen LogP contribution in [0.5, 0.6) is 0 Å². The Morgan fingerprint density at radius 1 is 0.594 bits per heavy atom. The van der Waals surface area contributed by atoms with Crippen LogP contribution in [0.25, 0.3) is 71.3 Å². The van der Waals surface area contributed by atoms with Gasteiger partial charge in [0.15, 0.2) is 0 Å². The number of nitrogens with zero attached hydrogens (tertiary/aromatic N) is 2. The lowest BCUT2D eigenvalue weighted by Gasteiger charge is -2.03. The second kappa shape index (κ2) is 5.65. The van der Waals surface area contributed by atoms with E-state index < -0.39 is 0 Å². The molecular formula is C29H16N2O. The standard InChI is InChI=1S/C29H16N2O/c1-3-10-23-18(7-1)20-16-26-27(19-8-2-4-11-25(19)32-26)28-21-15-17(22-9-5-6-14-30-22)12-13-24(21)31(23)29(20)28/h1-16H. The minimum Gasteiger partial charge on any atom is -0.456 e. The van der Waals surface area contributed by atoms with Crippen LogP contribution in [0.2, 0.25) is 0 Å². The zero-order valence-electron chi connectivity index (χ0n) is 17.0. The number of benzene rings is 4. The summed E-state index contributed by atoms with van der Waals surface area (Å²) in [5.41, 5.74) is 7.67. The zero-order valence-corrected chi connectivity index (χ0v) is 17.0. The highest BCUT2D eigenvalue weighted by molar-refractivity contribution is 6.34. The molecule has 0 fully saturated rings. The van der Waals surface area contributed by atoms with Crippen LogP contribution < -0.4 is 0 Å². The third-order valence-electron chi connectivity index (χ3n) is 6.77. The molecule has 4 heterocycles. The Morgan fingerprint density at radius 2 is 1.41 bits per heavy atom. The summed E-state index contributed by atoms with van der Waals surface area (Å²) in [5, 5.41) is 7.33. The van der Waals surface area contributed by atoms with Gasteiger partial charge in [-0.1, -0.05) is 48.5 Å². The van der Waals surface area contributed by atoms with Crippen molar-refractivity contribution >= 4 is 60.0 Å². The number of aromatic nitrogens is 2. The molecule has 0 unspecified atom stereocenters. The Kier molecular flexibility index (Phi) is 2.89. The van der Waals surface area contributed by atoms with Crippen molar-refractivity contribution in [2.24, 2.45) is 0 Å². The Labute approximate surface area is 182 Å². The highest BCUT2D eigenvalue weighted by atomic mass is 16.3. The van der Waals surface area contributed by atoms with Gasteiger partial charge in [0.1, 0.15) is 11.2 Å². The third kappa shape index (κ3) is 1.89. The molecule has 3 nitrogen and oxygen atoms in total. The first-order valence-electron chi connectivity index (χ1n) is 10.8. The number of furan rings is 1. The maximum absolute atomic E-state index is 6.35. The van der Waals surface area contributed by atoms with E-state index in [1.165, 1.54) is 43.5 Å². The molecule has 3 heteroatoms. The van der Waals surface area contributed by atoms with E-state index in [0.717, 1.165) is 27.8 Å². The molecule has 0 saturated heterocycles. The van der Waals surface area contributed by atoms with E-state index >= 15 is 0 Å². The molecule has 148 valence electrons. The SMILES string of the molecule is c1ccc(-c2ccc3c(c2)c2c4c(cc5c6ccccc6n3c52)oc2ccccc24)nc1. The minimum absolute atomic E-state index is 0.927. The summed E-state index contributed by atoms with van der Waals surface area (Å²) in [5.74, 6) is 0. The van der Waals surface area contributed by atoms with Crippen LogP contribution in [0.3, 0.4) is 0 Å². The van der Waals surface area contributed by atoms with E-state index in [1.807, 2.05) is 24.4 Å². The monoisotopic (exact) mass is 408 g/mol. The molecule has 4 aromatic carbocycles. The van der Waals surface area contributed by atoms with Crippen molar-refractivity contribution in [2.75, 3.05) is 0 Å². The Hall–Kier alpha value is -4.37. The molecule has 0 aliphatic rings. The van der Waals surface area contributed by atoms with Crippen molar-refractivity contribution in [1.82, 2.24) is 9.38 Å². The normalized spacial score (nSPS) is 12.4. The summed E-state index contributed by atoms with van der Waals surface area (Å²) >= 11 is 0. The number of fused-ring (bicyclic) bond motifs is 10. The van der Waals surface area contributed by atoms with Gasteiger partial charge < -0.3 is 8.82 Å². The smallest absolute Gasteiger partial charge is 0.136 e. The summed E-state index contributed by atoms with van der Waals surface area (Å²) in [6, 6.07) is 32.0. The molecule has 0 N–H and O–H groups in total.